The number of halogens is 4. The zero-order valence-electron chi connectivity index (χ0n) is 31.8. The molecule has 0 radical (unpaired) electrons. The van der Waals surface area contributed by atoms with Crippen LogP contribution in [0.15, 0.2) is 115 Å². The third-order valence-electron chi connectivity index (χ3n) is 9.37. The summed E-state index contributed by atoms with van der Waals surface area (Å²) >= 11 is 6.78. The minimum absolute atomic E-state index is 0.0550. The molecule has 2 aliphatic rings. The Hall–Kier alpha value is -5.62. The van der Waals surface area contributed by atoms with E-state index in [0.717, 1.165) is 14.5 Å². The molecule has 58 heavy (non-hydrogen) atoms. The van der Waals surface area contributed by atoms with Gasteiger partial charge in [0.25, 0.3) is 5.91 Å². The highest BCUT2D eigenvalue weighted by molar-refractivity contribution is 9.10. The van der Waals surface area contributed by atoms with Crippen LogP contribution in [0, 0.1) is 11.6 Å². The summed E-state index contributed by atoms with van der Waals surface area (Å²) in [5, 5.41) is 0.567. The molecule has 0 saturated carbocycles. The number of ether oxygens (including phenoxy) is 5. The van der Waals surface area contributed by atoms with Gasteiger partial charge in [0.1, 0.15) is 22.8 Å². The summed E-state index contributed by atoms with van der Waals surface area (Å²) in [7, 11) is 2.90. The van der Waals surface area contributed by atoms with Crippen molar-refractivity contribution in [3.8, 4) is 23.0 Å². The average molecular weight is 923 g/mol. The average Bonchev–Trinajstić information content (AvgIpc) is 3.99. The lowest BCUT2D eigenvalue weighted by Gasteiger charge is -2.34. The molecule has 5 heterocycles. The normalized spacial score (nSPS) is 15.0. The molecular weight excluding hydrogens is 886 g/mol. The van der Waals surface area contributed by atoms with Gasteiger partial charge in [0, 0.05) is 77.1 Å². The van der Waals surface area contributed by atoms with Gasteiger partial charge in [-0.1, -0.05) is 31.9 Å². The van der Waals surface area contributed by atoms with Gasteiger partial charge in [0.05, 0.1) is 31.3 Å². The summed E-state index contributed by atoms with van der Waals surface area (Å²) in [6, 6.07) is 16.2. The van der Waals surface area contributed by atoms with E-state index in [-0.39, 0.29) is 33.9 Å². The molecule has 13 nitrogen and oxygen atoms in total. The highest BCUT2D eigenvalue weighted by atomic mass is 79.9. The predicted octanol–water partition coefficient (Wildman–Crippen LogP) is 8.81. The maximum atomic E-state index is 14.8. The van der Waals surface area contributed by atoms with E-state index in [1.54, 1.807) is 64.4 Å². The summed E-state index contributed by atoms with van der Waals surface area (Å²) in [6.45, 7) is 6.97. The third kappa shape index (κ3) is 7.23. The van der Waals surface area contributed by atoms with Gasteiger partial charge < -0.3 is 33.8 Å². The van der Waals surface area contributed by atoms with E-state index in [1.165, 1.54) is 32.4 Å². The summed E-state index contributed by atoms with van der Waals surface area (Å²) in [5.41, 5.74) is 6.27. The van der Waals surface area contributed by atoms with Gasteiger partial charge in [0.2, 0.25) is 11.4 Å². The molecule has 1 spiro atoms. The SMILES string of the molecule is CCOC(C)(OCC)n1ccnc1.COc1cc(F)c2c(c1)C1(N=C(N)n3ccnc31)c1cc(Br)ccc1O2.COc1cc(F)c2oc3ccc(Br)cc3c(=O)c2c1. The van der Waals surface area contributed by atoms with Crippen molar-refractivity contribution < 1.29 is 36.9 Å². The van der Waals surface area contributed by atoms with E-state index in [0.29, 0.717) is 47.1 Å². The fraction of sp³-hybridized carbons (Fsp3) is 0.220. The maximum Gasteiger partial charge on any atom is 0.253 e. The van der Waals surface area contributed by atoms with E-state index >= 15 is 0 Å². The molecule has 300 valence electrons. The molecule has 0 bridgehead atoms. The highest BCUT2D eigenvalue weighted by Crippen LogP contribution is 2.55. The molecule has 0 amide bonds. The molecule has 3 aromatic heterocycles. The van der Waals surface area contributed by atoms with Crippen molar-refractivity contribution >= 4 is 59.8 Å². The van der Waals surface area contributed by atoms with Crippen LogP contribution in [0.3, 0.4) is 0 Å². The minimum Gasteiger partial charge on any atom is -0.497 e. The fourth-order valence-electron chi connectivity index (χ4n) is 6.79. The molecule has 0 fully saturated rings. The number of methoxy groups -OCH3 is 2. The van der Waals surface area contributed by atoms with Crippen LogP contribution in [0.5, 0.6) is 23.0 Å². The molecule has 0 aliphatic carbocycles. The van der Waals surface area contributed by atoms with Crippen LogP contribution in [0.2, 0.25) is 0 Å². The van der Waals surface area contributed by atoms with Crippen molar-refractivity contribution in [2.75, 3.05) is 27.4 Å². The van der Waals surface area contributed by atoms with Crippen molar-refractivity contribution in [1.82, 2.24) is 19.1 Å². The van der Waals surface area contributed by atoms with Crippen LogP contribution in [-0.4, -0.2) is 52.5 Å². The number of fused-ring (bicyclic) bond motifs is 8. The second-order valence-corrected chi connectivity index (χ2v) is 14.7. The molecule has 0 saturated heterocycles. The summed E-state index contributed by atoms with van der Waals surface area (Å²) in [6.07, 6.45) is 8.58. The second-order valence-electron chi connectivity index (χ2n) is 12.8. The van der Waals surface area contributed by atoms with Crippen molar-refractivity contribution in [3.63, 3.8) is 0 Å². The number of nitrogens with two attached hydrogens (primary N) is 1. The molecule has 1 atom stereocenters. The van der Waals surface area contributed by atoms with E-state index in [2.05, 4.69) is 41.8 Å². The molecule has 7 aromatic rings. The highest BCUT2D eigenvalue weighted by Gasteiger charge is 2.51. The molecule has 9 rings (SSSR count). The lowest BCUT2D eigenvalue weighted by molar-refractivity contribution is -0.278. The zero-order chi connectivity index (χ0) is 41.4. The number of imidazole rings is 2. The zero-order valence-corrected chi connectivity index (χ0v) is 34.9. The Morgan fingerprint density at radius 3 is 2.24 bits per heavy atom. The standard InChI is InChI=1S/C18H12BrFN4O2.C14H8BrFO3.C9H16N2O2/c1-25-10-7-12-15(13(20)8-10)26-14-3-2-9(19)6-11(14)18(12)16-22-4-5-24(16)17(21)23-18;1-18-8-5-10-13(17)9-4-7(15)2-3-12(9)19-14(10)11(16)6-8;1-4-12-9(3,13-5-2)11-7-6-10-8-11/h2-8H,1H3,(H2,21,23);2-6H,1H3;6-8H,4-5H2,1-3H3. The molecule has 17 heteroatoms. The smallest absolute Gasteiger partial charge is 0.253 e. The van der Waals surface area contributed by atoms with E-state index in [9.17, 15) is 13.6 Å². The number of benzene rings is 4. The Balaban J connectivity index is 0.000000141. The number of rotatable bonds is 7. The molecule has 2 aliphatic heterocycles. The lowest BCUT2D eigenvalue weighted by atomic mass is 9.80. The summed E-state index contributed by atoms with van der Waals surface area (Å²) in [5.74, 6) is 0.216. The van der Waals surface area contributed by atoms with Gasteiger partial charge in [-0.05, 0) is 62.4 Å². The van der Waals surface area contributed by atoms with E-state index < -0.39 is 23.1 Å². The summed E-state index contributed by atoms with van der Waals surface area (Å²) < 4.78 is 66.4. The summed E-state index contributed by atoms with van der Waals surface area (Å²) in [4.78, 5) is 25.5. The predicted molar refractivity (Wildman–Crippen MR) is 220 cm³/mol. The van der Waals surface area contributed by atoms with E-state index in [4.69, 9.17) is 38.8 Å². The first-order chi connectivity index (χ1) is 27.9. The van der Waals surface area contributed by atoms with Crippen LogP contribution in [-0.2, 0) is 20.9 Å². The monoisotopic (exact) mass is 920 g/mol. The van der Waals surface area contributed by atoms with E-state index in [1.807, 2.05) is 39.1 Å². The largest absolute Gasteiger partial charge is 0.497 e. The van der Waals surface area contributed by atoms with Crippen LogP contribution in [0.25, 0.3) is 21.9 Å². The van der Waals surface area contributed by atoms with Gasteiger partial charge in [-0.25, -0.2) is 23.7 Å². The number of nitrogens with zero attached hydrogens (tertiary/aromatic N) is 5. The lowest BCUT2D eigenvalue weighted by Crippen LogP contribution is -2.35. The topological polar surface area (TPSA) is 150 Å². The van der Waals surface area contributed by atoms with Gasteiger partial charge in [0.15, 0.2) is 34.3 Å². The second kappa shape index (κ2) is 16.3. The van der Waals surface area contributed by atoms with Gasteiger partial charge in [-0.15, -0.1) is 0 Å². The molecule has 2 N–H and O–H groups in total. The van der Waals surface area contributed by atoms with Crippen molar-refractivity contribution in [3.05, 3.63) is 140 Å². The van der Waals surface area contributed by atoms with Crippen LogP contribution >= 0.6 is 31.9 Å². The first-order valence-corrected chi connectivity index (χ1v) is 19.4. The number of hydrogen-bond acceptors (Lipinski definition) is 11. The number of aromatic nitrogens is 4. The Morgan fingerprint density at radius 1 is 0.862 bits per heavy atom. The van der Waals surface area contributed by atoms with Crippen LogP contribution < -0.4 is 25.4 Å². The van der Waals surface area contributed by atoms with Gasteiger partial charge in [-0.2, -0.15) is 0 Å². The van der Waals surface area contributed by atoms with Crippen LogP contribution in [0.4, 0.5) is 8.78 Å². The molecule has 4 aromatic carbocycles. The maximum absolute atomic E-state index is 14.8. The molecular formula is C41H36Br2F2N6O7. The Labute approximate surface area is 347 Å². The fourth-order valence-corrected chi connectivity index (χ4v) is 7.51. The van der Waals surface area contributed by atoms with Crippen molar-refractivity contribution in [2.24, 2.45) is 10.7 Å². The Kier molecular flexibility index (Phi) is 11.4. The quantitative estimate of drug-likeness (QED) is 0.121. The van der Waals surface area contributed by atoms with Gasteiger partial charge in [-0.3, -0.25) is 13.9 Å². The Bertz CT molecular complexity index is 2730. The number of aliphatic imine (C=N–C) groups is 1. The first kappa shape index (κ1) is 40.6. The minimum atomic E-state index is -1.12. The third-order valence-corrected chi connectivity index (χ3v) is 10.4. The number of hydrogen-bond donors (Lipinski definition) is 1. The van der Waals surface area contributed by atoms with Gasteiger partial charge >= 0.3 is 0 Å². The van der Waals surface area contributed by atoms with Crippen molar-refractivity contribution in [1.29, 1.82) is 0 Å². The first-order valence-electron chi connectivity index (χ1n) is 17.8. The molecule has 1 unspecified atom stereocenters. The van der Waals surface area contributed by atoms with Crippen molar-refractivity contribution in [2.45, 2.75) is 32.2 Å². The Morgan fingerprint density at radius 2 is 1.55 bits per heavy atom. The van der Waals surface area contributed by atoms with Crippen LogP contribution in [0.1, 0.15) is 37.7 Å².